The van der Waals surface area contributed by atoms with Gasteiger partial charge in [-0.25, -0.2) is 4.98 Å². The number of halogens is 2. The van der Waals surface area contributed by atoms with Gasteiger partial charge in [0.05, 0.1) is 6.10 Å². The Morgan fingerprint density at radius 2 is 2.20 bits per heavy atom. The maximum Gasteiger partial charge on any atom is 0.130 e. The largest absolute Gasteiger partial charge is 0.393 e. The standard InChI is InChI=1S/C11H15Cl2NO/c1-2-9(15)5-3-4-8-7-14-11(13)6-10(8)12/h6-7,9,15H,2-5H2,1H3/t9-/m1/s1. The first-order chi connectivity index (χ1) is 7.13. The number of aliphatic hydroxyl groups is 1. The van der Waals surface area contributed by atoms with Gasteiger partial charge in [0.25, 0.3) is 0 Å². The van der Waals surface area contributed by atoms with Crippen LogP contribution < -0.4 is 0 Å². The van der Waals surface area contributed by atoms with Crippen molar-refractivity contribution in [1.82, 2.24) is 4.98 Å². The lowest BCUT2D eigenvalue weighted by Crippen LogP contribution is -2.04. The van der Waals surface area contributed by atoms with E-state index in [0.29, 0.717) is 10.2 Å². The summed E-state index contributed by atoms with van der Waals surface area (Å²) in [6, 6.07) is 1.65. The van der Waals surface area contributed by atoms with Crippen LogP contribution in [0.5, 0.6) is 0 Å². The summed E-state index contributed by atoms with van der Waals surface area (Å²) in [5.41, 5.74) is 0.990. The van der Waals surface area contributed by atoms with Crippen molar-refractivity contribution in [3.63, 3.8) is 0 Å². The minimum Gasteiger partial charge on any atom is -0.393 e. The summed E-state index contributed by atoms with van der Waals surface area (Å²) in [5.74, 6) is 0. The molecule has 1 heterocycles. The minimum absolute atomic E-state index is 0.205. The van der Waals surface area contributed by atoms with Gasteiger partial charge in [-0.2, -0.15) is 0 Å². The lowest BCUT2D eigenvalue weighted by atomic mass is 10.1. The van der Waals surface area contributed by atoms with E-state index >= 15 is 0 Å². The van der Waals surface area contributed by atoms with Crippen LogP contribution in [0.2, 0.25) is 10.2 Å². The molecule has 1 N–H and O–H groups in total. The SMILES string of the molecule is CC[C@@H](O)CCCc1cnc(Cl)cc1Cl. The lowest BCUT2D eigenvalue weighted by Gasteiger charge is -2.07. The van der Waals surface area contributed by atoms with E-state index in [4.69, 9.17) is 23.2 Å². The Kier molecular flexibility index (Phi) is 5.37. The molecule has 1 aromatic heterocycles. The highest BCUT2D eigenvalue weighted by Crippen LogP contribution is 2.20. The van der Waals surface area contributed by atoms with Gasteiger partial charge >= 0.3 is 0 Å². The van der Waals surface area contributed by atoms with Crippen LogP contribution in [-0.4, -0.2) is 16.2 Å². The molecule has 4 heteroatoms. The van der Waals surface area contributed by atoms with E-state index in [2.05, 4.69) is 4.98 Å². The topological polar surface area (TPSA) is 33.1 Å². The van der Waals surface area contributed by atoms with Gasteiger partial charge in [0.1, 0.15) is 5.15 Å². The minimum atomic E-state index is -0.205. The van der Waals surface area contributed by atoms with Crippen LogP contribution in [0.3, 0.4) is 0 Å². The Morgan fingerprint density at radius 3 is 2.80 bits per heavy atom. The van der Waals surface area contributed by atoms with Crippen LogP contribution in [0.15, 0.2) is 12.3 Å². The van der Waals surface area contributed by atoms with Gasteiger partial charge in [0.2, 0.25) is 0 Å². The van der Waals surface area contributed by atoms with E-state index in [0.717, 1.165) is 31.2 Å². The summed E-state index contributed by atoms with van der Waals surface area (Å²) in [6.07, 6.45) is 4.84. The molecular weight excluding hydrogens is 233 g/mol. The third-order valence-electron chi connectivity index (χ3n) is 2.35. The van der Waals surface area contributed by atoms with Crippen molar-refractivity contribution in [2.45, 2.75) is 38.7 Å². The molecule has 0 amide bonds. The van der Waals surface area contributed by atoms with E-state index in [1.807, 2.05) is 6.92 Å². The second-order valence-electron chi connectivity index (χ2n) is 3.55. The summed E-state index contributed by atoms with van der Waals surface area (Å²) in [4.78, 5) is 3.98. The van der Waals surface area contributed by atoms with Crippen molar-refractivity contribution < 1.29 is 5.11 Å². The molecule has 0 radical (unpaired) electrons. The van der Waals surface area contributed by atoms with E-state index in [1.54, 1.807) is 12.3 Å². The first-order valence-electron chi connectivity index (χ1n) is 5.11. The molecule has 1 aromatic rings. The summed E-state index contributed by atoms with van der Waals surface area (Å²) in [7, 11) is 0. The first-order valence-corrected chi connectivity index (χ1v) is 5.87. The number of rotatable bonds is 5. The Hall–Kier alpha value is -0.310. The molecule has 0 bridgehead atoms. The summed E-state index contributed by atoms with van der Waals surface area (Å²) in [5, 5.41) is 10.4. The predicted octanol–water partition coefficient (Wildman–Crippen LogP) is 3.48. The van der Waals surface area contributed by atoms with Crippen LogP contribution in [0.1, 0.15) is 31.7 Å². The number of hydrogen-bond acceptors (Lipinski definition) is 2. The van der Waals surface area contributed by atoms with Crippen molar-refractivity contribution in [1.29, 1.82) is 0 Å². The fraction of sp³-hybridized carbons (Fsp3) is 0.545. The normalized spacial score (nSPS) is 12.8. The average Bonchev–Trinajstić information content (AvgIpc) is 2.21. The number of aliphatic hydroxyl groups excluding tert-OH is 1. The molecule has 1 atom stereocenters. The molecule has 0 unspecified atom stereocenters. The second kappa shape index (κ2) is 6.31. The maximum absolute atomic E-state index is 9.38. The highest BCUT2D eigenvalue weighted by atomic mass is 35.5. The zero-order valence-electron chi connectivity index (χ0n) is 8.71. The molecule has 0 saturated heterocycles. The van der Waals surface area contributed by atoms with Crippen LogP contribution >= 0.6 is 23.2 Å². The number of aromatic nitrogens is 1. The third kappa shape index (κ3) is 4.37. The molecule has 0 fully saturated rings. The van der Waals surface area contributed by atoms with E-state index in [-0.39, 0.29) is 6.10 Å². The molecule has 0 spiro atoms. The third-order valence-corrected chi connectivity index (χ3v) is 2.91. The van der Waals surface area contributed by atoms with Gasteiger partial charge in [-0.05, 0) is 37.3 Å². The first kappa shape index (κ1) is 12.8. The summed E-state index contributed by atoms with van der Waals surface area (Å²) < 4.78 is 0. The van der Waals surface area contributed by atoms with Crippen LogP contribution in [0, 0.1) is 0 Å². The fourth-order valence-corrected chi connectivity index (χ4v) is 1.81. The molecule has 0 aromatic carbocycles. The zero-order chi connectivity index (χ0) is 11.3. The van der Waals surface area contributed by atoms with Crippen LogP contribution in [-0.2, 0) is 6.42 Å². The molecule has 0 aliphatic heterocycles. The molecule has 0 saturated carbocycles. The van der Waals surface area contributed by atoms with Gasteiger partial charge in [-0.1, -0.05) is 30.1 Å². The monoisotopic (exact) mass is 247 g/mol. The summed E-state index contributed by atoms with van der Waals surface area (Å²) >= 11 is 11.7. The van der Waals surface area contributed by atoms with Crippen LogP contribution in [0.4, 0.5) is 0 Å². The Bertz CT molecular complexity index is 317. The van der Waals surface area contributed by atoms with E-state index < -0.39 is 0 Å². The second-order valence-corrected chi connectivity index (χ2v) is 4.35. The predicted molar refractivity (Wildman–Crippen MR) is 63.5 cm³/mol. The van der Waals surface area contributed by atoms with Crippen molar-refractivity contribution in [2.75, 3.05) is 0 Å². The molecule has 2 nitrogen and oxygen atoms in total. The highest BCUT2D eigenvalue weighted by molar-refractivity contribution is 6.34. The molecule has 0 aliphatic rings. The molecule has 1 rings (SSSR count). The number of nitrogens with zero attached hydrogens (tertiary/aromatic N) is 1. The van der Waals surface area contributed by atoms with Crippen molar-refractivity contribution in [3.8, 4) is 0 Å². The average molecular weight is 248 g/mol. The molecule has 84 valence electrons. The lowest BCUT2D eigenvalue weighted by molar-refractivity contribution is 0.158. The molecule has 15 heavy (non-hydrogen) atoms. The number of aryl methyl sites for hydroxylation is 1. The number of pyridine rings is 1. The van der Waals surface area contributed by atoms with Gasteiger partial charge in [0, 0.05) is 11.2 Å². The zero-order valence-corrected chi connectivity index (χ0v) is 10.2. The quantitative estimate of drug-likeness (QED) is 0.809. The smallest absolute Gasteiger partial charge is 0.130 e. The van der Waals surface area contributed by atoms with Gasteiger partial charge in [0.15, 0.2) is 0 Å². The Morgan fingerprint density at radius 1 is 1.47 bits per heavy atom. The Labute approximate surface area is 100 Å². The maximum atomic E-state index is 9.38. The Balaban J connectivity index is 2.44. The van der Waals surface area contributed by atoms with E-state index in [9.17, 15) is 5.11 Å². The number of hydrogen-bond donors (Lipinski definition) is 1. The highest BCUT2D eigenvalue weighted by Gasteiger charge is 2.04. The van der Waals surface area contributed by atoms with Crippen molar-refractivity contribution in [2.24, 2.45) is 0 Å². The van der Waals surface area contributed by atoms with Gasteiger partial charge < -0.3 is 5.11 Å². The molecular formula is C11H15Cl2NO. The van der Waals surface area contributed by atoms with Gasteiger partial charge in [-0.3, -0.25) is 0 Å². The molecule has 0 aliphatic carbocycles. The summed E-state index contributed by atoms with van der Waals surface area (Å²) in [6.45, 7) is 1.97. The van der Waals surface area contributed by atoms with Crippen molar-refractivity contribution >= 4 is 23.2 Å². The van der Waals surface area contributed by atoms with Gasteiger partial charge in [-0.15, -0.1) is 0 Å². The fourth-order valence-electron chi connectivity index (χ4n) is 1.35. The van der Waals surface area contributed by atoms with E-state index in [1.165, 1.54) is 0 Å². The van der Waals surface area contributed by atoms with Crippen molar-refractivity contribution in [3.05, 3.63) is 28.0 Å². The van der Waals surface area contributed by atoms with Crippen LogP contribution in [0.25, 0.3) is 0 Å².